The van der Waals surface area contributed by atoms with Crippen LogP contribution in [0.1, 0.15) is 18.5 Å². The van der Waals surface area contributed by atoms with Crippen molar-refractivity contribution in [3.05, 3.63) is 42.5 Å². The Bertz CT molecular complexity index is 624. The highest BCUT2D eigenvalue weighted by molar-refractivity contribution is 5.79. The lowest BCUT2D eigenvalue weighted by molar-refractivity contribution is -0.125. The van der Waals surface area contributed by atoms with Crippen molar-refractivity contribution in [3.63, 3.8) is 0 Å². The summed E-state index contributed by atoms with van der Waals surface area (Å²) in [5.74, 6) is 0.821. The van der Waals surface area contributed by atoms with Gasteiger partial charge in [-0.05, 0) is 31.0 Å². The number of piperidine rings is 1. The molecule has 1 aliphatic heterocycles. The fourth-order valence-corrected chi connectivity index (χ4v) is 2.83. The minimum atomic E-state index is -0.00201. The van der Waals surface area contributed by atoms with Crippen molar-refractivity contribution in [2.45, 2.75) is 19.4 Å². The van der Waals surface area contributed by atoms with Gasteiger partial charge in [0.05, 0.1) is 12.5 Å². The van der Waals surface area contributed by atoms with Gasteiger partial charge in [0, 0.05) is 44.4 Å². The van der Waals surface area contributed by atoms with Gasteiger partial charge in [-0.3, -0.25) is 4.79 Å². The van der Waals surface area contributed by atoms with Crippen LogP contribution in [0.4, 0.5) is 5.95 Å². The number of rotatable bonds is 4. The fourth-order valence-electron chi connectivity index (χ4n) is 2.83. The van der Waals surface area contributed by atoms with E-state index in [0.29, 0.717) is 19.0 Å². The van der Waals surface area contributed by atoms with Gasteiger partial charge in [-0.15, -0.1) is 0 Å². The number of carbonyl (C=O) groups is 1. The van der Waals surface area contributed by atoms with Crippen LogP contribution in [-0.4, -0.2) is 33.5 Å². The maximum absolute atomic E-state index is 12.4. The molecule has 6 heteroatoms. The smallest absolute Gasteiger partial charge is 0.225 e. The van der Waals surface area contributed by atoms with E-state index in [0.717, 1.165) is 25.1 Å². The van der Waals surface area contributed by atoms with E-state index >= 15 is 0 Å². The maximum Gasteiger partial charge on any atom is 0.225 e. The molecule has 1 aliphatic rings. The van der Waals surface area contributed by atoms with Gasteiger partial charge < -0.3 is 14.8 Å². The number of aromatic nitrogens is 3. The Hall–Kier alpha value is -2.37. The van der Waals surface area contributed by atoms with E-state index in [9.17, 15) is 4.79 Å². The van der Waals surface area contributed by atoms with Crippen molar-refractivity contribution in [1.82, 2.24) is 19.9 Å². The van der Waals surface area contributed by atoms with Crippen LogP contribution in [0.25, 0.3) is 0 Å². The average molecular weight is 299 g/mol. The lowest BCUT2D eigenvalue weighted by Gasteiger charge is -2.31. The largest absolute Gasteiger partial charge is 0.353 e. The Balaban J connectivity index is 1.57. The summed E-state index contributed by atoms with van der Waals surface area (Å²) in [6, 6.07) is 5.80. The molecule has 3 rings (SSSR count). The monoisotopic (exact) mass is 299 g/mol. The summed E-state index contributed by atoms with van der Waals surface area (Å²) in [5, 5.41) is 3.04. The molecule has 1 unspecified atom stereocenters. The van der Waals surface area contributed by atoms with E-state index < -0.39 is 0 Å². The van der Waals surface area contributed by atoms with E-state index in [-0.39, 0.29) is 11.8 Å². The molecule has 1 fully saturated rings. The van der Waals surface area contributed by atoms with Crippen molar-refractivity contribution in [1.29, 1.82) is 0 Å². The zero-order chi connectivity index (χ0) is 15.4. The van der Waals surface area contributed by atoms with Gasteiger partial charge in [-0.25, -0.2) is 9.97 Å². The van der Waals surface area contributed by atoms with Gasteiger partial charge in [-0.2, -0.15) is 0 Å². The highest BCUT2D eigenvalue weighted by Gasteiger charge is 2.26. The molecule has 0 aliphatic carbocycles. The molecular weight excluding hydrogens is 278 g/mol. The van der Waals surface area contributed by atoms with Crippen molar-refractivity contribution in [3.8, 4) is 0 Å². The third-order valence-corrected chi connectivity index (χ3v) is 4.12. The zero-order valence-electron chi connectivity index (χ0n) is 12.8. The van der Waals surface area contributed by atoms with Crippen LogP contribution >= 0.6 is 0 Å². The van der Waals surface area contributed by atoms with Crippen molar-refractivity contribution >= 4 is 11.9 Å². The number of aryl methyl sites for hydroxylation is 1. The summed E-state index contributed by atoms with van der Waals surface area (Å²) in [5.41, 5.74) is 1.10. The number of nitrogens with zero attached hydrogens (tertiary/aromatic N) is 4. The topological polar surface area (TPSA) is 63.1 Å². The van der Waals surface area contributed by atoms with Crippen LogP contribution < -0.4 is 10.2 Å². The molecule has 0 saturated carbocycles. The summed E-state index contributed by atoms with van der Waals surface area (Å²) in [6.45, 7) is 2.16. The zero-order valence-corrected chi connectivity index (χ0v) is 12.8. The molecule has 0 bridgehead atoms. The van der Waals surface area contributed by atoms with Crippen LogP contribution in [0.2, 0.25) is 0 Å². The second-order valence-electron chi connectivity index (χ2n) is 5.66. The highest BCUT2D eigenvalue weighted by Crippen LogP contribution is 2.20. The minimum absolute atomic E-state index is 0.00201. The number of hydrogen-bond donors (Lipinski definition) is 1. The predicted octanol–water partition coefficient (Wildman–Crippen LogP) is 1.35. The molecule has 0 spiro atoms. The number of anilines is 1. The van der Waals surface area contributed by atoms with Gasteiger partial charge in [0.1, 0.15) is 0 Å². The summed E-state index contributed by atoms with van der Waals surface area (Å²) in [7, 11) is 1.98. The summed E-state index contributed by atoms with van der Waals surface area (Å²) < 4.78 is 2.02. The van der Waals surface area contributed by atoms with Crippen molar-refractivity contribution in [2.75, 3.05) is 18.0 Å². The van der Waals surface area contributed by atoms with E-state index in [4.69, 9.17) is 0 Å². The third kappa shape index (κ3) is 3.27. The van der Waals surface area contributed by atoms with Crippen molar-refractivity contribution < 1.29 is 4.79 Å². The van der Waals surface area contributed by atoms with Gasteiger partial charge in [0.25, 0.3) is 0 Å². The standard InChI is InChI=1S/C16H21N5O/c1-20-9-3-6-14(20)11-19-15(22)13-5-2-10-21(12-13)16-17-7-4-8-18-16/h3-4,6-9,13H,2,5,10-12H2,1H3,(H,19,22). The maximum atomic E-state index is 12.4. The van der Waals surface area contributed by atoms with E-state index in [2.05, 4.69) is 20.2 Å². The van der Waals surface area contributed by atoms with Gasteiger partial charge >= 0.3 is 0 Å². The molecule has 116 valence electrons. The molecule has 1 N–H and O–H groups in total. The molecule has 1 atom stereocenters. The van der Waals surface area contributed by atoms with Crippen LogP contribution in [0.5, 0.6) is 0 Å². The normalized spacial score (nSPS) is 18.2. The molecule has 0 aromatic carbocycles. The first-order chi connectivity index (χ1) is 10.7. The molecular formula is C16H21N5O. The lowest BCUT2D eigenvalue weighted by atomic mass is 9.97. The second kappa shape index (κ2) is 6.60. The molecule has 1 amide bonds. The lowest BCUT2D eigenvalue weighted by Crippen LogP contribution is -2.43. The van der Waals surface area contributed by atoms with E-state index in [1.807, 2.05) is 29.9 Å². The van der Waals surface area contributed by atoms with Gasteiger partial charge in [-0.1, -0.05) is 0 Å². The number of amides is 1. The quantitative estimate of drug-likeness (QED) is 0.925. The molecule has 2 aromatic rings. The van der Waals surface area contributed by atoms with Crippen molar-refractivity contribution in [2.24, 2.45) is 13.0 Å². The molecule has 3 heterocycles. The average Bonchev–Trinajstić information content (AvgIpc) is 2.99. The highest BCUT2D eigenvalue weighted by atomic mass is 16.1. The van der Waals surface area contributed by atoms with Crippen LogP contribution in [0.3, 0.4) is 0 Å². The molecule has 0 radical (unpaired) electrons. The first-order valence-electron chi connectivity index (χ1n) is 7.64. The molecule has 22 heavy (non-hydrogen) atoms. The molecule has 1 saturated heterocycles. The summed E-state index contributed by atoms with van der Waals surface area (Å²) >= 11 is 0. The van der Waals surface area contributed by atoms with Crippen LogP contribution in [0, 0.1) is 5.92 Å². The number of nitrogens with one attached hydrogen (secondary N) is 1. The Morgan fingerprint density at radius 3 is 2.91 bits per heavy atom. The Morgan fingerprint density at radius 1 is 1.36 bits per heavy atom. The molecule has 6 nitrogen and oxygen atoms in total. The van der Waals surface area contributed by atoms with Gasteiger partial charge in [0.15, 0.2) is 0 Å². The summed E-state index contributed by atoms with van der Waals surface area (Å²) in [6.07, 6.45) is 7.36. The first-order valence-corrected chi connectivity index (χ1v) is 7.64. The predicted molar refractivity (Wildman–Crippen MR) is 84.2 cm³/mol. The van der Waals surface area contributed by atoms with E-state index in [1.165, 1.54) is 0 Å². The van der Waals surface area contributed by atoms with E-state index in [1.54, 1.807) is 18.5 Å². The number of hydrogen-bond acceptors (Lipinski definition) is 4. The first kappa shape index (κ1) is 14.6. The third-order valence-electron chi connectivity index (χ3n) is 4.12. The molecule has 2 aromatic heterocycles. The van der Waals surface area contributed by atoms with Crippen LogP contribution in [-0.2, 0) is 18.4 Å². The van der Waals surface area contributed by atoms with Gasteiger partial charge in [0.2, 0.25) is 11.9 Å². The second-order valence-corrected chi connectivity index (χ2v) is 5.66. The SMILES string of the molecule is Cn1cccc1CNC(=O)C1CCCN(c2ncccn2)C1. The Kier molecular flexibility index (Phi) is 4.37. The Morgan fingerprint density at radius 2 is 2.18 bits per heavy atom. The number of carbonyl (C=O) groups excluding carboxylic acids is 1. The minimum Gasteiger partial charge on any atom is -0.353 e. The van der Waals surface area contributed by atoms with Crippen LogP contribution in [0.15, 0.2) is 36.8 Å². The Labute approximate surface area is 130 Å². The summed E-state index contributed by atoms with van der Waals surface area (Å²) in [4.78, 5) is 23.0. The fraction of sp³-hybridized carbons (Fsp3) is 0.438.